The predicted molar refractivity (Wildman–Crippen MR) is 52.5 cm³/mol. The van der Waals surface area contributed by atoms with Crippen molar-refractivity contribution in [2.45, 2.75) is 32.4 Å². The molecule has 0 heterocycles. The largest absolute Gasteiger partial charge is 0.392 e. The second-order valence-electron chi connectivity index (χ2n) is 3.65. The van der Waals surface area contributed by atoms with Crippen LogP contribution in [-0.4, -0.2) is 48.7 Å². The van der Waals surface area contributed by atoms with E-state index in [-0.39, 0.29) is 18.1 Å². The Balaban J connectivity index is 3.62. The second-order valence-corrected chi connectivity index (χ2v) is 3.65. The minimum Gasteiger partial charge on any atom is -0.392 e. The average molecular weight is 188 g/mol. The molecule has 0 aromatic rings. The van der Waals surface area contributed by atoms with E-state index in [0.717, 1.165) is 0 Å². The number of nitrogens with zero attached hydrogens (tertiary/aromatic N) is 1. The van der Waals surface area contributed by atoms with Gasteiger partial charge in [-0.15, -0.1) is 0 Å². The third kappa shape index (κ3) is 6.54. The summed E-state index contributed by atoms with van der Waals surface area (Å²) in [5.41, 5.74) is 0. The number of rotatable bonds is 5. The van der Waals surface area contributed by atoms with Crippen LogP contribution >= 0.6 is 0 Å². The number of carbonyl (C=O) groups excluding carboxylic acids is 1. The first kappa shape index (κ1) is 12.4. The van der Waals surface area contributed by atoms with Gasteiger partial charge in [0.25, 0.3) is 0 Å². The molecule has 1 amide bonds. The highest BCUT2D eigenvalue weighted by atomic mass is 16.3. The molecule has 2 atom stereocenters. The van der Waals surface area contributed by atoms with Gasteiger partial charge in [-0.25, -0.2) is 0 Å². The minimum absolute atomic E-state index is 0.102. The number of carbonyl (C=O) groups is 1. The first-order valence-electron chi connectivity index (χ1n) is 4.55. The van der Waals surface area contributed by atoms with Crippen molar-refractivity contribution in [3.63, 3.8) is 0 Å². The fraction of sp³-hybridized carbons (Fsp3) is 0.889. The van der Waals surface area contributed by atoms with Gasteiger partial charge in [0.05, 0.1) is 6.10 Å². The maximum atomic E-state index is 11.2. The van der Waals surface area contributed by atoms with Gasteiger partial charge in [-0.2, -0.15) is 0 Å². The Morgan fingerprint density at radius 3 is 2.38 bits per heavy atom. The van der Waals surface area contributed by atoms with Crippen molar-refractivity contribution in [2.24, 2.45) is 0 Å². The topological polar surface area (TPSA) is 52.6 Å². The molecule has 0 aliphatic rings. The van der Waals surface area contributed by atoms with Gasteiger partial charge in [-0.1, -0.05) is 0 Å². The number of hydrogen-bond acceptors (Lipinski definition) is 3. The molecule has 0 saturated heterocycles. The molecule has 0 aliphatic heterocycles. The average Bonchev–Trinajstić information content (AvgIpc) is 2.00. The summed E-state index contributed by atoms with van der Waals surface area (Å²) in [5.74, 6) is 0.102. The highest BCUT2D eigenvalue weighted by Crippen LogP contribution is 1.94. The minimum atomic E-state index is -0.364. The second kappa shape index (κ2) is 5.94. The molecule has 0 aliphatic carbocycles. The van der Waals surface area contributed by atoms with Crippen LogP contribution < -0.4 is 5.32 Å². The molecule has 0 radical (unpaired) electrons. The van der Waals surface area contributed by atoms with Crippen molar-refractivity contribution < 1.29 is 9.90 Å². The Hall–Kier alpha value is -0.610. The summed E-state index contributed by atoms with van der Waals surface area (Å²) in [6, 6.07) is 0.115. The van der Waals surface area contributed by atoms with Crippen molar-refractivity contribution in [2.75, 3.05) is 20.6 Å². The molecule has 2 N–H and O–H groups in total. The van der Waals surface area contributed by atoms with Crippen molar-refractivity contribution in [1.82, 2.24) is 10.2 Å². The zero-order valence-electron chi connectivity index (χ0n) is 8.87. The molecule has 0 fully saturated rings. The molecule has 78 valence electrons. The number of aliphatic hydroxyl groups is 1. The quantitative estimate of drug-likeness (QED) is 0.629. The van der Waals surface area contributed by atoms with Crippen LogP contribution in [0.5, 0.6) is 0 Å². The lowest BCUT2D eigenvalue weighted by molar-refractivity contribution is -0.129. The number of hydrogen-bond donors (Lipinski definition) is 2. The van der Waals surface area contributed by atoms with Gasteiger partial charge in [0.1, 0.15) is 0 Å². The molecule has 0 bridgehead atoms. The van der Waals surface area contributed by atoms with Crippen LogP contribution in [0.4, 0.5) is 0 Å². The standard InChI is InChI=1S/C9H20N2O2/c1-7(10-6-8(2)12)5-9(13)11(3)4/h7-8,10,12H,5-6H2,1-4H3/t7?,8-/m1/s1. The molecule has 0 aromatic heterocycles. The maximum Gasteiger partial charge on any atom is 0.223 e. The Morgan fingerprint density at radius 2 is 2.00 bits per heavy atom. The summed E-state index contributed by atoms with van der Waals surface area (Å²) in [5, 5.41) is 12.1. The molecular weight excluding hydrogens is 168 g/mol. The van der Waals surface area contributed by atoms with E-state index in [2.05, 4.69) is 5.32 Å². The number of nitrogens with one attached hydrogen (secondary N) is 1. The summed E-state index contributed by atoms with van der Waals surface area (Å²) in [7, 11) is 3.48. The SMILES string of the molecule is CC(CC(=O)N(C)C)NC[C@@H](C)O. The van der Waals surface area contributed by atoms with E-state index in [0.29, 0.717) is 13.0 Å². The van der Waals surface area contributed by atoms with Crippen LogP contribution in [-0.2, 0) is 4.79 Å². The summed E-state index contributed by atoms with van der Waals surface area (Å²) in [6.07, 6.45) is 0.108. The lowest BCUT2D eigenvalue weighted by Gasteiger charge is -2.17. The fourth-order valence-electron chi connectivity index (χ4n) is 0.888. The van der Waals surface area contributed by atoms with E-state index in [1.807, 2.05) is 6.92 Å². The van der Waals surface area contributed by atoms with Gasteiger partial charge in [-0.3, -0.25) is 4.79 Å². The Labute approximate surface area is 79.9 Å². The molecular formula is C9H20N2O2. The summed E-state index contributed by atoms with van der Waals surface area (Å²) >= 11 is 0. The molecule has 4 heteroatoms. The summed E-state index contributed by atoms with van der Waals surface area (Å²) in [4.78, 5) is 12.8. The maximum absolute atomic E-state index is 11.2. The van der Waals surface area contributed by atoms with Gasteiger partial charge in [0, 0.05) is 33.1 Å². The summed E-state index contributed by atoms with van der Waals surface area (Å²) < 4.78 is 0. The molecule has 0 saturated carbocycles. The van der Waals surface area contributed by atoms with Gasteiger partial charge < -0.3 is 15.3 Å². The third-order valence-corrected chi connectivity index (χ3v) is 1.74. The number of aliphatic hydroxyl groups excluding tert-OH is 1. The zero-order valence-corrected chi connectivity index (χ0v) is 8.87. The van der Waals surface area contributed by atoms with E-state index >= 15 is 0 Å². The van der Waals surface area contributed by atoms with Crippen molar-refractivity contribution in [1.29, 1.82) is 0 Å². The third-order valence-electron chi connectivity index (χ3n) is 1.74. The highest BCUT2D eigenvalue weighted by Gasteiger charge is 2.10. The number of amides is 1. The normalized spacial score (nSPS) is 15.2. The predicted octanol–water partition coefficient (Wildman–Crippen LogP) is -0.176. The van der Waals surface area contributed by atoms with Crippen LogP contribution in [0, 0.1) is 0 Å². The van der Waals surface area contributed by atoms with E-state index in [4.69, 9.17) is 5.11 Å². The Kier molecular flexibility index (Phi) is 5.66. The molecule has 0 rings (SSSR count). The highest BCUT2D eigenvalue weighted by molar-refractivity contribution is 5.76. The molecule has 0 aromatic carbocycles. The van der Waals surface area contributed by atoms with Crippen molar-refractivity contribution >= 4 is 5.91 Å². The first-order valence-corrected chi connectivity index (χ1v) is 4.55. The van der Waals surface area contributed by atoms with Crippen LogP contribution in [0.15, 0.2) is 0 Å². The summed E-state index contributed by atoms with van der Waals surface area (Å²) in [6.45, 7) is 4.18. The molecule has 4 nitrogen and oxygen atoms in total. The molecule has 0 spiro atoms. The van der Waals surface area contributed by atoms with Gasteiger partial charge in [-0.05, 0) is 13.8 Å². The Morgan fingerprint density at radius 1 is 1.46 bits per heavy atom. The fourth-order valence-corrected chi connectivity index (χ4v) is 0.888. The Bertz CT molecular complexity index is 158. The first-order chi connectivity index (χ1) is 5.93. The van der Waals surface area contributed by atoms with Gasteiger partial charge in [0.15, 0.2) is 0 Å². The van der Waals surface area contributed by atoms with Crippen LogP contribution in [0.3, 0.4) is 0 Å². The lowest BCUT2D eigenvalue weighted by Crippen LogP contribution is -2.36. The van der Waals surface area contributed by atoms with Gasteiger partial charge in [0.2, 0.25) is 5.91 Å². The van der Waals surface area contributed by atoms with E-state index in [1.54, 1.807) is 25.9 Å². The van der Waals surface area contributed by atoms with Gasteiger partial charge >= 0.3 is 0 Å². The smallest absolute Gasteiger partial charge is 0.223 e. The van der Waals surface area contributed by atoms with E-state index in [1.165, 1.54) is 0 Å². The van der Waals surface area contributed by atoms with E-state index < -0.39 is 0 Å². The van der Waals surface area contributed by atoms with Crippen LogP contribution in [0.2, 0.25) is 0 Å². The van der Waals surface area contributed by atoms with Crippen molar-refractivity contribution in [3.8, 4) is 0 Å². The molecule has 1 unspecified atom stereocenters. The molecule has 13 heavy (non-hydrogen) atoms. The lowest BCUT2D eigenvalue weighted by atomic mass is 10.2. The zero-order chi connectivity index (χ0) is 10.4. The van der Waals surface area contributed by atoms with E-state index in [9.17, 15) is 4.79 Å². The van der Waals surface area contributed by atoms with Crippen LogP contribution in [0.25, 0.3) is 0 Å². The van der Waals surface area contributed by atoms with Crippen molar-refractivity contribution in [3.05, 3.63) is 0 Å². The monoisotopic (exact) mass is 188 g/mol. The van der Waals surface area contributed by atoms with Crippen LogP contribution in [0.1, 0.15) is 20.3 Å².